The zero-order valence-corrected chi connectivity index (χ0v) is 11.9. The lowest BCUT2D eigenvalue weighted by Crippen LogP contribution is -2.19. The van der Waals surface area contributed by atoms with Crippen molar-refractivity contribution < 1.29 is 4.74 Å². The van der Waals surface area contributed by atoms with Crippen molar-refractivity contribution in [1.82, 2.24) is 10.2 Å². The van der Waals surface area contributed by atoms with Crippen LogP contribution in [0.4, 0.5) is 0 Å². The molecule has 18 heavy (non-hydrogen) atoms. The smallest absolute Gasteiger partial charge is 0.123 e. The van der Waals surface area contributed by atoms with Crippen molar-refractivity contribution in [3.63, 3.8) is 0 Å². The average Bonchev–Trinajstić information content (AvgIpc) is 2.39. The molecule has 0 unspecified atom stereocenters. The minimum Gasteiger partial charge on any atom is -0.496 e. The Morgan fingerprint density at radius 1 is 1.17 bits per heavy atom. The minimum atomic E-state index is 0.954. The standard InChI is InChI=1S/C15H26N2O/c1-16-11-7-4-8-12-17(2)13-14-9-5-6-10-15(14)18-3/h5-6,9-10,16H,4,7-8,11-13H2,1-3H3. The number of ether oxygens (including phenoxy) is 1. The van der Waals surface area contributed by atoms with Gasteiger partial charge in [0.25, 0.3) is 0 Å². The first-order valence-corrected chi connectivity index (χ1v) is 6.73. The lowest BCUT2D eigenvalue weighted by Gasteiger charge is -2.18. The maximum atomic E-state index is 5.37. The molecule has 102 valence electrons. The van der Waals surface area contributed by atoms with E-state index >= 15 is 0 Å². The summed E-state index contributed by atoms with van der Waals surface area (Å²) in [6.45, 7) is 3.22. The van der Waals surface area contributed by atoms with Crippen molar-refractivity contribution in [2.24, 2.45) is 0 Å². The molecule has 0 aliphatic heterocycles. The Bertz CT molecular complexity index is 328. The minimum absolute atomic E-state index is 0.954. The molecule has 0 heterocycles. The van der Waals surface area contributed by atoms with Crippen LogP contribution in [0.15, 0.2) is 24.3 Å². The Kier molecular flexibility index (Phi) is 7.46. The highest BCUT2D eigenvalue weighted by molar-refractivity contribution is 5.32. The molecule has 3 heteroatoms. The SMILES string of the molecule is CNCCCCCN(C)Cc1ccccc1OC. The van der Waals surface area contributed by atoms with Gasteiger partial charge in [-0.3, -0.25) is 0 Å². The van der Waals surface area contributed by atoms with Gasteiger partial charge in [0.05, 0.1) is 7.11 Å². The highest BCUT2D eigenvalue weighted by Crippen LogP contribution is 2.18. The summed E-state index contributed by atoms with van der Waals surface area (Å²) in [7, 11) is 5.91. The van der Waals surface area contributed by atoms with Crippen LogP contribution < -0.4 is 10.1 Å². The number of hydrogen-bond acceptors (Lipinski definition) is 3. The first-order chi connectivity index (χ1) is 8.77. The van der Waals surface area contributed by atoms with Crippen molar-refractivity contribution in [2.75, 3.05) is 34.3 Å². The first-order valence-electron chi connectivity index (χ1n) is 6.73. The lowest BCUT2D eigenvalue weighted by atomic mass is 10.1. The van der Waals surface area contributed by atoms with Gasteiger partial charge in [-0.25, -0.2) is 0 Å². The number of nitrogens with zero attached hydrogens (tertiary/aromatic N) is 1. The Balaban J connectivity index is 2.28. The molecule has 0 aromatic heterocycles. The molecule has 3 nitrogen and oxygen atoms in total. The molecule has 0 spiro atoms. The van der Waals surface area contributed by atoms with E-state index in [1.54, 1.807) is 7.11 Å². The van der Waals surface area contributed by atoms with Crippen LogP contribution in [0.2, 0.25) is 0 Å². The highest BCUT2D eigenvalue weighted by atomic mass is 16.5. The van der Waals surface area contributed by atoms with E-state index in [4.69, 9.17) is 4.74 Å². The molecule has 0 fully saturated rings. The predicted octanol–water partition coefficient (Wildman–Crippen LogP) is 2.52. The summed E-state index contributed by atoms with van der Waals surface area (Å²) in [5, 5.41) is 3.18. The number of hydrogen-bond donors (Lipinski definition) is 1. The Morgan fingerprint density at radius 2 is 1.94 bits per heavy atom. The number of rotatable bonds is 9. The second-order valence-electron chi connectivity index (χ2n) is 4.71. The van der Waals surface area contributed by atoms with E-state index in [0.29, 0.717) is 0 Å². The van der Waals surface area contributed by atoms with E-state index in [2.05, 4.69) is 29.4 Å². The molecule has 0 atom stereocenters. The quantitative estimate of drug-likeness (QED) is 0.682. The zero-order chi connectivity index (χ0) is 13.2. The molecule has 1 rings (SSSR count). The van der Waals surface area contributed by atoms with Crippen LogP contribution in [0.5, 0.6) is 5.75 Å². The summed E-state index contributed by atoms with van der Waals surface area (Å²) >= 11 is 0. The predicted molar refractivity (Wildman–Crippen MR) is 77.1 cm³/mol. The number of para-hydroxylation sites is 1. The lowest BCUT2D eigenvalue weighted by molar-refractivity contribution is 0.309. The molecule has 0 amide bonds. The van der Waals surface area contributed by atoms with E-state index in [0.717, 1.165) is 25.4 Å². The van der Waals surface area contributed by atoms with Crippen LogP contribution in [0, 0.1) is 0 Å². The van der Waals surface area contributed by atoms with E-state index in [-0.39, 0.29) is 0 Å². The van der Waals surface area contributed by atoms with Crippen LogP contribution in [-0.4, -0.2) is 39.2 Å². The largest absolute Gasteiger partial charge is 0.496 e. The first kappa shape index (κ1) is 15.0. The van der Waals surface area contributed by atoms with Crippen molar-refractivity contribution >= 4 is 0 Å². The van der Waals surface area contributed by atoms with Crippen LogP contribution in [-0.2, 0) is 6.54 Å². The molecular weight excluding hydrogens is 224 g/mol. The zero-order valence-electron chi connectivity index (χ0n) is 11.9. The maximum absolute atomic E-state index is 5.37. The van der Waals surface area contributed by atoms with Crippen LogP contribution in [0.1, 0.15) is 24.8 Å². The van der Waals surface area contributed by atoms with E-state index < -0.39 is 0 Å². The van der Waals surface area contributed by atoms with Gasteiger partial charge >= 0.3 is 0 Å². The fourth-order valence-corrected chi connectivity index (χ4v) is 2.06. The monoisotopic (exact) mass is 250 g/mol. The van der Waals surface area contributed by atoms with E-state index in [9.17, 15) is 0 Å². The van der Waals surface area contributed by atoms with Crippen LogP contribution >= 0.6 is 0 Å². The Labute approximate surface area is 111 Å². The molecule has 0 aliphatic carbocycles. The molecule has 1 N–H and O–H groups in total. The molecule has 0 saturated carbocycles. The van der Waals surface area contributed by atoms with Crippen molar-refractivity contribution in [1.29, 1.82) is 0 Å². The summed E-state index contributed by atoms with van der Waals surface area (Å²) in [4.78, 5) is 2.36. The maximum Gasteiger partial charge on any atom is 0.123 e. The Hall–Kier alpha value is -1.06. The second-order valence-corrected chi connectivity index (χ2v) is 4.71. The van der Waals surface area contributed by atoms with E-state index in [1.165, 1.54) is 24.8 Å². The summed E-state index contributed by atoms with van der Waals surface area (Å²) in [5.74, 6) is 0.986. The molecule has 1 aromatic carbocycles. The number of nitrogens with one attached hydrogen (secondary N) is 1. The second kappa shape index (κ2) is 8.95. The molecule has 1 aromatic rings. The molecular formula is C15H26N2O. The summed E-state index contributed by atoms with van der Waals surface area (Å²) in [6.07, 6.45) is 3.81. The summed E-state index contributed by atoms with van der Waals surface area (Å²) in [6, 6.07) is 8.24. The van der Waals surface area contributed by atoms with Crippen LogP contribution in [0.25, 0.3) is 0 Å². The van der Waals surface area contributed by atoms with Gasteiger partial charge < -0.3 is 15.0 Å². The van der Waals surface area contributed by atoms with Gasteiger partial charge in [0.15, 0.2) is 0 Å². The van der Waals surface area contributed by atoms with Gasteiger partial charge in [-0.05, 0) is 46.1 Å². The van der Waals surface area contributed by atoms with Gasteiger partial charge in [0.1, 0.15) is 5.75 Å². The van der Waals surface area contributed by atoms with Gasteiger partial charge in [-0.2, -0.15) is 0 Å². The number of benzene rings is 1. The van der Waals surface area contributed by atoms with E-state index in [1.807, 2.05) is 19.2 Å². The number of methoxy groups -OCH3 is 1. The van der Waals surface area contributed by atoms with Gasteiger partial charge in [-0.15, -0.1) is 0 Å². The van der Waals surface area contributed by atoms with Gasteiger partial charge in [0, 0.05) is 12.1 Å². The molecule has 0 saturated heterocycles. The highest BCUT2D eigenvalue weighted by Gasteiger charge is 2.05. The molecule has 0 radical (unpaired) electrons. The fraction of sp³-hybridized carbons (Fsp3) is 0.600. The summed E-state index contributed by atoms with van der Waals surface area (Å²) in [5.41, 5.74) is 1.26. The third-order valence-corrected chi connectivity index (χ3v) is 3.10. The third-order valence-electron chi connectivity index (χ3n) is 3.10. The molecule has 0 bridgehead atoms. The molecule has 0 aliphatic rings. The normalized spacial score (nSPS) is 10.9. The average molecular weight is 250 g/mol. The Morgan fingerprint density at radius 3 is 2.67 bits per heavy atom. The fourth-order valence-electron chi connectivity index (χ4n) is 2.06. The van der Waals surface area contributed by atoms with Crippen molar-refractivity contribution in [3.8, 4) is 5.75 Å². The topological polar surface area (TPSA) is 24.5 Å². The van der Waals surface area contributed by atoms with Crippen molar-refractivity contribution in [3.05, 3.63) is 29.8 Å². The third kappa shape index (κ3) is 5.52. The van der Waals surface area contributed by atoms with Crippen molar-refractivity contribution in [2.45, 2.75) is 25.8 Å². The summed E-state index contributed by atoms with van der Waals surface area (Å²) < 4.78 is 5.37. The van der Waals surface area contributed by atoms with Gasteiger partial charge in [0.2, 0.25) is 0 Å². The van der Waals surface area contributed by atoms with Crippen LogP contribution in [0.3, 0.4) is 0 Å². The van der Waals surface area contributed by atoms with Gasteiger partial charge in [-0.1, -0.05) is 24.6 Å². The number of unbranched alkanes of at least 4 members (excludes halogenated alkanes) is 2.